The van der Waals surface area contributed by atoms with Gasteiger partial charge in [0.05, 0.1) is 6.42 Å². The van der Waals surface area contributed by atoms with Crippen LogP contribution in [0.5, 0.6) is 0 Å². The summed E-state index contributed by atoms with van der Waals surface area (Å²) in [5.74, 6) is 0. The first-order chi connectivity index (χ1) is 5.75. The second kappa shape index (κ2) is 3.91. The number of hydrogen-bond acceptors (Lipinski definition) is 1. The SMILES string of the molecule is [C-]#[N+]CCc1ccnn1C(C)C. The zero-order chi connectivity index (χ0) is 8.97. The van der Waals surface area contributed by atoms with E-state index in [9.17, 15) is 0 Å². The molecule has 0 aliphatic rings. The standard InChI is InChI=1S/C9H13N3/c1-8(2)12-9(4-6-10-3)5-7-11-12/h5,7-8H,4,6H2,1-2H3. The molecule has 0 spiro atoms. The Morgan fingerprint density at radius 2 is 2.42 bits per heavy atom. The van der Waals surface area contributed by atoms with Crippen molar-refractivity contribution in [1.29, 1.82) is 0 Å². The predicted octanol–water partition coefficient (Wildman–Crippen LogP) is 1.93. The van der Waals surface area contributed by atoms with Crippen molar-refractivity contribution in [3.05, 3.63) is 29.4 Å². The summed E-state index contributed by atoms with van der Waals surface area (Å²) in [6, 6.07) is 2.37. The highest BCUT2D eigenvalue weighted by molar-refractivity contribution is 5.02. The van der Waals surface area contributed by atoms with E-state index in [2.05, 4.69) is 23.8 Å². The Morgan fingerprint density at radius 1 is 1.67 bits per heavy atom. The Balaban J connectivity index is 2.72. The summed E-state index contributed by atoms with van der Waals surface area (Å²) in [4.78, 5) is 3.32. The quantitative estimate of drug-likeness (QED) is 0.624. The molecule has 0 unspecified atom stereocenters. The van der Waals surface area contributed by atoms with Crippen molar-refractivity contribution in [1.82, 2.24) is 9.78 Å². The molecule has 1 aromatic rings. The summed E-state index contributed by atoms with van der Waals surface area (Å²) < 4.78 is 1.96. The molecule has 0 aliphatic heterocycles. The Hall–Kier alpha value is -1.30. The predicted molar refractivity (Wildman–Crippen MR) is 47.8 cm³/mol. The molecule has 0 aliphatic carbocycles. The number of hydrogen-bond donors (Lipinski definition) is 0. The van der Waals surface area contributed by atoms with E-state index in [-0.39, 0.29) is 0 Å². The monoisotopic (exact) mass is 163 g/mol. The second-order valence-corrected chi connectivity index (χ2v) is 2.99. The first-order valence-electron chi connectivity index (χ1n) is 4.11. The molecule has 0 aromatic carbocycles. The van der Waals surface area contributed by atoms with Gasteiger partial charge in [-0.2, -0.15) is 5.10 Å². The van der Waals surface area contributed by atoms with Crippen LogP contribution in [0.4, 0.5) is 0 Å². The van der Waals surface area contributed by atoms with Crippen LogP contribution >= 0.6 is 0 Å². The molecule has 3 nitrogen and oxygen atoms in total. The number of aromatic nitrogens is 2. The Kier molecular flexibility index (Phi) is 2.87. The molecule has 1 aromatic heterocycles. The zero-order valence-corrected chi connectivity index (χ0v) is 7.49. The summed E-state index contributed by atoms with van der Waals surface area (Å²) >= 11 is 0. The summed E-state index contributed by atoms with van der Waals surface area (Å²) in [5.41, 5.74) is 1.15. The van der Waals surface area contributed by atoms with Gasteiger partial charge in [-0.3, -0.25) is 4.68 Å². The lowest BCUT2D eigenvalue weighted by Gasteiger charge is -2.08. The summed E-state index contributed by atoms with van der Waals surface area (Å²) in [5, 5.41) is 4.18. The lowest BCUT2D eigenvalue weighted by Crippen LogP contribution is -2.07. The fourth-order valence-electron chi connectivity index (χ4n) is 1.18. The van der Waals surface area contributed by atoms with Crippen molar-refractivity contribution in [2.24, 2.45) is 0 Å². The van der Waals surface area contributed by atoms with Crippen LogP contribution in [0.15, 0.2) is 12.3 Å². The maximum atomic E-state index is 6.68. The topological polar surface area (TPSA) is 22.2 Å². The lowest BCUT2D eigenvalue weighted by atomic mass is 10.3. The minimum absolute atomic E-state index is 0.390. The lowest BCUT2D eigenvalue weighted by molar-refractivity contribution is 0.511. The molecule has 0 amide bonds. The smallest absolute Gasteiger partial charge is 0.220 e. The van der Waals surface area contributed by atoms with Gasteiger partial charge in [-0.25, -0.2) is 6.57 Å². The number of nitrogens with zero attached hydrogens (tertiary/aromatic N) is 3. The molecule has 0 fully saturated rings. The summed E-state index contributed by atoms with van der Waals surface area (Å²) in [7, 11) is 0. The van der Waals surface area contributed by atoms with Crippen molar-refractivity contribution in [2.75, 3.05) is 6.54 Å². The van der Waals surface area contributed by atoms with Gasteiger partial charge in [-0.05, 0) is 19.9 Å². The van der Waals surface area contributed by atoms with E-state index in [1.165, 1.54) is 0 Å². The van der Waals surface area contributed by atoms with Gasteiger partial charge in [0.2, 0.25) is 6.54 Å². The molecular formula is C9H13N3. The summed E-state index contributed by atoms with van der Waals surface area (Å²) in [6.45, 7) is 11.4. The first-order valence-corrected chi connectivity index (χ1v) is 4.11. The highest BCUT2D eigenvalue weighted by atomic mass is 15.3. The minimum atomic E-state index is 0.390. The highest BCUT2D eigenvalue weighted by Crippen LogP contribution is 2.08. The average molecular weight is 163 g/mol. The zero-order valence-electron chi connectivity index (χ0n) is 7.49. The van der Waals surface area contributed by atoms with E-state index < -0.39 is 0 Å². The average Bonchev–Trinajstić information content (AvgIpc) is 2.48. The van der Waals surface area contributed by atoms with Gasteiger partial charge in [0, 0.05) is 17.9 Å². The van der Waals surface area contributed by atoms with Gasteiger partial charge in [0.15, 0.2) is 0 Å². The van der Waals surface area contributed by atoms with E-state index in [0.29, 0.717) is 12.6 Å². The van der Waals surface area contributed by atoms with Crippen LogP contribution in [0.25, 0.3) is 4.85 Å². The van der Waals surface area contributed by atoms with Crippen LogP contribution in [-0.4, -0.2) is 16.3 Å². The maximum absolute atomic E-state index is 6.68. The highest BCUT2D eigenvalue weighted by Gasteiger charge is 2.05. The minimum Gasteiger partial charge on any atom is -0.317 e. The van der Waals surface area contributed by atoms with Gasteiger partial charge < -0.3 is 4.85 Å². The van der Waals surface area contributed by atoms with Crippen LogP contribution in [0.1, 0.15) is 25.6 Å². The van der Waals surface area contributed by atoms with E-state index >= 15 is 0 Å². The summed E-state index contributed by atoms with van der Waals surface area (Å²) in [6.07, 6.45) is 2.60. The van der Waals surface area contributed by atoms with E-state index in [4.69, 9.17) is 6.57 Å². The van der Waals surface area contributed by atoms with E-state index in [0.717, 1.165) is 12.1 Å². The third-order valence-corrected chi connectivity index (χ3v) is 1.72. The van der Waals surface area contributed by atoms with Gasteiger partial charge in [0.1, 0.15) is 0 Å². The first kappa shape index (κ1) is 8.79. The van der Waals surface area contributed by atoms with Gasteiger partial charge >= 0.3 is 0 Å². The molecule has 12 heavy (non-hydrogen) atoms. The normalized spacial score (nSPS) is 10.2. The van der Waals surface area contributed by atoms with E-state index in [1.807, 2.05) is 10.7 Å². The van der Waals surface area contributed by atoms with Crippen molar-refractivity contribution >= 4 is 0 Å². The molecular weight excluding hydrogens is 150 g/mol. The molecule has 0 atom stereocenters. The van der Waals surface area contributed by atoms with Crippen molar-refractivity contribution < 1.29 is 0 Å². The Labute approximate surface area is 72.8 Å². The van der Waals surface area contributed by atoms with Crippen LogP contribution in [-0.2, 0) is 6.42 Å². The molecule has 1 heterocycles. The van der Waals surface area contributed by atoms with Crippen molar-refractivity contribution in [3.63, 3.8) is 0 Å². The van der Waals surface area contributed by atoms with Crippen LogP contribution in [0, 0.1) is 6.57 Å². The molecule has 3 heteroatoms. The Bertz CT molecular complexity index is 280. The van der Waals surface area contributed by atoms with Crippen LogP contribution in [0.2, 0.25) is 0 Å². The van der Waals surface area contributed by atoms with E-state index in [1.54, 1.807) is 6.20 Å². The Morgan fingerprint density at radius 3 is 3.00 bits per heavy atom. The third-order valence-electron chi connectivity index (χ3n) is 1.72. The van der Waals surface area contributed by atoms with Crippen LogP contribution in [0.3, 0.4) is 0 Å². The largest absolute Gasteiger partial charge is 0.317 e. The molecule has 64 valence electrons. The molecule has 0 saturated heterocycles. The van der Waals surface area contributed by atoms with Gasteiger partial charge in [0.25, 0.3) is 0 Å². The molecule has 0 bridgehead atoms. The van der Waals surface area contributed by atoms with Crippen LogP contribution < -0.4 is 0 Å². The maximum Gasteiger partial charge on any atom is 0.220 e. The molecule has 0 radical (unpaired) electrons. The van der Waals surface area contributed by atoms with Crippen molar-refractivity contribution in [2.45, 2.75) is 26.3 Å². The fraction of sp³-hybridized carbons (Fsp3) is 0.556. The third kappa shape index (κ3) is 1.85. The molecule has 0 saturated carbocycles. The molecule has 1 rings (SSSR count). The fourth-order valence-corrected chi connectivity index (χ4v) is 1.18. The molecule has 0 N–H and O–H groups in total. The van der Waals surface area contributed by atoms with Crippen molar-refractivity contribution in [3.8, 4) is 0 Å². The number of rotatable bonds is 3. The van der Waals surface area contributed by atoms with Gasteiger partial charge in [-0.15, -0.1) is 0 Å². The second-order valence-electron chi connectivity index (χ2n) is 2.99. The van der Waals surface area contributed by atoms with Gasteiger partial charge in [-0.1, -0.05) is 0 Å².